The average molecular weight is 219 g/mol. The molecule has 2 nitrogen and oxygen atoms in total. The van der Waals surface area contributed by atoms with Crippen LogP contribution in [0, 0.1) is 0 Å². The summed E-state index contributed by atoms with van der Waals surface area (Å²) in [6, 6.07) is 9.18. The van der Waals surface area contributed by atoms with Crippen LogP contribution in [0.1, 0.15) is 31.7 Å². The highest BCUT2D eigenvalue weighted by atomic mass is 16.5. The molecule has 1 heterocycles. The zero-order chi connectivity index (χ0) is 11.2. The van der Waals surface area contributed by atoms with Crippen molar-refractivity contribution in [1.82, 2.24) is 5.32 Å². The number of piperidine rings is 1. The van der Waals surface area contributed by atoms with Gasteiger partial charge in [-0.1, -0.05) is 18.6 Å². The fourth-order valence-corrected chi connectivity index (χ4v) is 2.27. The molecule has 1 aliphatic heterocycles. The van der Waals surface area contributed by atoms with E-state index in [0.29, 0.717) is 6.04 Å². The maximum Gasteiger partial charge on any atom is 0.119 e. The normalized spacial score (nSPS) is 20.7. The Labute approximate surface area is 98.0 Å². The minimum atomic E-state index is 0.673. The lowest BCUT2D eigenvalue weighted by Gasteiger charge is -2.23. The van der Waals surface area contributed by atoms with Crippen LogP contribution in [0.15, 0.2) is 24.3 Å². The first-order valence-corrected chi connectivity index (χ1v) is 6.33. The van der Waals surface area contributed by atoms with Crippen LogP contribution in [0.5, 0.6) is 5.75 Å². The Bertz CT molecular complexity index is 301. The van der Waals surface area contributed by atoms with E-state index in [9.17, 15) is 0 Å². The highest BCUT2D eigenvalue weighted by Gasteiger charge is 2.12. The molecule has 1 aromatic carbocycles. The number of benzene rings is 1. The van der Waals surface area contributed by atoms with Crippen molar-refractivity contribution in [3.05, 3.63) is 29.8 Å². The second kappa shape index (κ2) is 5.90. The van der Waals surface area contributed by atoms with E-state index < -0.39 is 0 Å². The summed E-state index contributed by atoms with van der Waals surface area (Å²) in [7, 11) is 0. The van der Waals surface area contributed by atoms with Gasteiger partial charge in [0, 0.05) is 6.04 Å². The van der Waals surface area contributed by atoms with Crippen molar-refractivity contribution in [2.75, 3.05) is 13.2 Å². The van der Waals surface area contributed by atoms with E-state index in [4.69, 9.17) is 4.74 Å². The van der Waals surface area contributed by atoms with Gasteiger partial charge in [-0.2, -0.15) is 0 Å². The summed E-state index contributed by atoms with van der Waals surface area (Å²) in [6.07, 6.45) is 5.16. The molecule has 1 aliphatic rings. The van der Waals surface area contributed by atoms with Crippen molar-refractivity contribution in [3.63, 3.8) is 0 Å². The van der Waals surface area contributed by atoms with E-state index in [1.807, 2.05) is 6.92 Å². The summed E-state index contributed by atoms with van der Waals surface area (Å²) >= 11 is 0. The molecule has 0 aliphatic carbocycles. The first kappa shape index (κ1) is 11.5. The van der Waals surface area contributed by atoms with Crippen molar-refractivity contribution in [1.29, 1.82) is 0 Å². The van der Waals surface area contributed by atoms with Gasteiger partial charge in [0.05, 0.1) is 6.61 Å². The van der Waals surface area contributed by atoms with E-state index >= 15 is 0 Å². The van der Waals surface area contributed by atoms with Crippen molar-refractivity contribution >= 4 is 0 Å². The summed E-state index contributed by atoms with van der Waals surface area (Å²) in [5.74, 6) is 0.975. The molecule has 0 radical (unpaired) electrons. The smallest absolute Gasteiger partial charge is 0.119 e. The molecule has 88 valence electrons. The molecule has 2 rings (SSSR count). The van der Waals surface area contributed by atoms with Gasteiger partial charge in [-0.25, -0.2) is 0 Å². The SMILES string of the molecule is CCOc1ccc(C[C@H]2CCCCN2)cc1. The molecule has 0 unspecified atom stereocenters. The van der Waals surface area contributed by atoms with Crippen LogP contribution in [0.3, 0.4) is 0 Å². The maximum atomic E-state index is 5.44. The Hall–Kier alpha value is -1.02. The van der Waals surface area contributed by atoms with Crippen LogP contribution in [-0.2, 0) is 6.42 Å². The lowest BCUT2D eigenvalue weighted by molar-refractivity contribution is 0.340. The summed E-state index contributed by atoms with van der Waals surface area (Å²) in [6.45, 7) is 3.94. The largest absolute Gasteiger partial charge is 0.494 e. The molecule has 1 fully saturated rings. The maximum absolute atomic E-state index is 5.44. The molecular weight excluding hydrogens is 198 g/mol. The molecule has 1 N–H and O–H groups in total. The number of nitrogens with one attached hydrogen (secondary N) is 1. The van der Waals surface area contributed by atoms with Gasteiger partial charge in [0.15, 0.2) is 0 Å². The number of hydrogen-bond acceptors (Lipinski definition) is 2. The fraction of sp³-hybridized carbons (Fsp3) is 0.571. The van der Waals surface area contributed by atoms with Gasteiger partial charge in [0.25, 0.3) is 0 Å². The van der Waals surface area contributed by atoms with Gasteiger partial charge in [-0.15, -0.1) is 0 Å². The predicted molar refractivity (Wildman–Crippen MR) is 67.0 cm³/mol. The lowest BCUT2D eigenvalue weighted by Crippen LogP contribution is -2.35. The van der Waals surface area contributed by atoms with E-state index in [2.05, 4.69) is 29.6 Å². The van der Waals surface area contributed by atoms with Crippen molar-refractivity contribution in [3.8, 4) is 5.75 Å². The van der Waals surface area contributed by atoms with Crippen LogP contribution in [0.4, 0.5) is 0 Å². The second-order valence-corrected chi connectivity index (χ2v) is 4.43. The molecule has 16 heavy (non-hydrogen) atoms. The summed E-state index contributed by atoms with van der Waals surface area (Å²) in [5.41, 5.74) is 1.41. The number of hydrogen-bond donors (Lipinski definition) is 1. The third-order valence-corrected chi connectivity index (χ3v) is 3.13. The van der Waals surface area contributed by atoms with E-state index in [1.165, 1.54) is 31.4 Å². The monoisotopic (exact) mass is 219 g/mol. The van der Waals surface area contributed by atoms with Crippen LogP contribution in [0.2, 0.25) is 0 Å². The van der Waals surface area contributed by atoms with E-state index in [1.54, 1.807) is 0 Å². The molecule has 0 spiro atoms. The first-order valence-electron chi connectivity index (χ1n) is 6.33. The van der Waals surface area contributed by atoms with Crippen molar-refractivity contribution in [2.45, 2.75) is 38.6 Å². The van der Waals surface area contributed by atoms with Gasteiger partial charge < -0.3 is 10.1 Å². The summed E-state index contributed by atoms with van der Waals surface area (Å²) < 4.78 is 5.44. The number of rotatable bonds is 4. The molecule has 0 aromatic heterocycles. The molecule has 2 heteroatoms. The summed E-state index contributed by atoms with van der Waals surface area (Å²) in [4.78, 5) is 0. The predicted octanol–water partition coefficient (Wildman–Crippen LogP) is 2.77. The van der Waals surface area contributed by atoms with Crippen molar-refractivity contribution in [2.24, 2.45) is 0 Å². The second-order valence-electron chi connectivity index (χ2n) is 4.43. The van der Waals surface area contributed by atoms with Crippen LogP contribution >= 0.6 is 0 Å². The average Bonchev–Trinajstić information content (AvgIpc) is 2.33. The van der Waals surface area contributed by atoms with Crippen LogP contribution in [-0.4, -0.2) is 19.2 Å². The van der Waals surface area contributed by atoms with Gasteiger partial charge in [0.2, 0.25) is 0 Å². The Balaban J connectivity index is 1.88. The molecule has 1 aromatic rings. The minimum absolute atomic E-state index is 0.673. The van der Waals surface area contributed by atoms with Gasteiger partial charge in [-0.3, -0.25) is 0 Å². The van der Waals surface area contributed by atoms with Crippen LogP contribution < -0.4 is 10.1 Å². The fourth-order valence-electron chi connectivity index (χ4n) is 2.27. The molecule has 0 amide bonds. The molecule has 0 saturated carbocycles. The zero-order valence-electron chi connectivity index (χ0n) is 10.0. The Morgan fingerprint density at radius 3 is 2.69 bits per heavy atom. The minimum Gasteiger partial charge on any atom is -0.494 e. The lowest BCUT2D eigenvalue weighted by atomic mass is 9.98. The Morgan fingerprint density at radius 1 is 1.25 bits per heavy atom. The van der Waals surface area contributed by atoms with Gasteiger partial charge in [-0.05, 0) is 50.4 Å². The van der Waals surface area contributed by atoms with Crippen LogP contribution in [0.25, 0.3) is 0 Å². The standard InChI is InChI=1S/C14H21NO/c1-2-16-14-8-6-12(7-9-14)11-13-5-3-4-10-15-13/h6-9,13,15H,2-5,10-11H2,1H3/t13-/m1/s1. The first-order chi connectivity index (χ1) is 7.88. The molecular formula is C14H21NO. The van der Waals surface area contributed by atoms with E-state index in [0.717, 1.165) is 18.8 Å². The van der Waals surface area contributed by atoms with Crippen molar-refractivity contribution < 1.29 is 4.74 Å². The zero-order valence-corrected chi connectivity index (χ0v) is 10.0. The van der Waals surface area contributed by atoms with Gasteiger partial charge in [0.1, 0.15) is 5.75 Å². The highest BCUT2D eigenvalue weighted by molar-refractivity contribution is 5.27. The number of ether oxygens (including phenoxy) is 1. The highest BCUT2D eigenvalue weighted by Crippen LogP contribution is 2.16. The topological polar surface area (TPSA) is 21.3 Å². The summed E-state index contributed by atoms with van der Waals surface area (Å²) in [5, 5.41) is 3.58. The Morgan fingerprint density at radius 2 is 2.06 bits per heavy atom. The molecule has 1 atom stereocenters. The third-order valence-electron chi connectivity index (χ3n) is 3.13. The third kappa shape index (κ3) is 3.24. The van der Waals surface area contributed by atoms with E-state index in [-0.39, 0.29) is 0 Å². The Kier molecular flexibility index (Phi) is 4.23. The quantitative estimate of drug-likeness (QED) is 0.840. The van der Waals surface area contributed by atoms with Gasteiger partial charge >= 0.3 is 0 Å². The molecule has 1 saturated heterocycles. The molecule has 0 bridgehead atoms.